The van der Waals surface area contributed by atoms with Crippen LogP contribution in [0.2, 0.25) is 5.02 Å². The Morgan fingerprint density at radius 3 is 2.89 bits per heavy atom. The molecule has 0 saturated carbocycles. The molecule has 0 aromatic heterocycles. The van der Waals surface area contributed by atoms with Crippen molar-refractivity contribution < 1.29 is 15.0 Å². The zero-order valence-corrected chi connectivity index (χ0v) is 11.4. The SMILES string of the molecule is O=C(O)CC1CCCCN1Cc1c(O)cccc1Cl. The number of aliphatic carboxylic acids is 1. The van der Waals surface area contributed by atoms with Gasteiger partial charge in [0.2, 0.25) is 0 Å². The fraction of sp³-hybridized carbons (Fsp3) is 0.500. The van der Waals surface area contributed by atoms with Crippen LogP contribution in [-0.2, 0) is 11.3 Å². The first-order chi connectivity index (χ1) is 9.08. The zero-order chi connectivity index (χ0) is 13.8. The van der Waals surface area contributed by atoms with Crippen LogP contribution in [-0.4, -0.2) is 33.7 Å². The third kappa shape index (κ3) is 3.61. The van der Waals surface area contributed by atoms with Gasteiger partial charge in [-0.2, -0.15) is 0 Å². The monoisotopic (exact) mass is 283 g/mol. The molecule has 1 saturated heterocycles. The fourth-order valence-corrected chi connectivity index (χ4v) is 2.84. The van der Waals surface area contributed by atoms with Gasteiger partial charge in [0.25, 0.3) is 0 Å². The second-order valence-corrected chi connectivity index (χ2v) is 5.36. The third-order valence-corrected chi connectivity index (χ3v) is 3.97. The number of phenolic OH excluding ortho intramolecular Hbond substituents is 1. The molecule has 0 radical (unpaired) electrons. The summed E-state index contributed by atoms with van der Waals surface area (Å²) in [6.07, 6.45) is 3.15. The van der Waals surface area contributed by atoms with Gasteiger partial charge >= 0.3 is 5.97 Å². The van der Waals surface area contributed by atoms with Gasteiger partial charge in [-0.25, -0.2) is 0 Å². The molecule has 5 heteroatoms. The number of aromatic hydroxyl groups is 1. The number of carboxylic acids is 1. The van der Waals surface area contributed by atoms with Crippen molar-refractivity contribution in [1.29, 1.82) is 0 Å². The Labute approximate surface area is 117 Å². The Morgan fingerprint density at radius 2 is 2.21 bits per heavy atom. The fourth-order valence-electron chi connectivity index (χ4n) is 2.61. The van der Waals surface area contributed by atoms with Gasteiger partial charge in [-0.15, -0.1) is 0 Å². The minimum atomic E-state index is -0.778. The van der Waals surface area contributed by atoms with E-state index in [0.717, 1.165) is 25.8 Å². The zero-order valence-electron chi connectivity index (χ0n) is 10.7. The van der Waals surface area contributed by atoms with E-state index in [1.54, 1.807) is 18.2 Å². The summed E-state index contributed by atoms with van der Waals surface area (Å²) < 4.78 is 0. The summed E-state index contributed by atoms with van der Waals surface area (Å²) >= 11 is 6.10. The molecule has 2 rings (SSSR count). The molecule has 1 aromatic rings. The molecular weight excluding hydrogens is 266 g/mol. The van der Waals surface area contributed by atoms with Gasteiger partial charge in [-0.1, -0.05) is 24.1 Å². The van der Waals surface area contributed by atoms with Gasteiger partial charge in [-0.05, 0) is 31.5 Å². The molecule has 1 atom stereocenters. The molecule has 4 nitrogen and oxygen atoms in total. The average Bonchev–Trinajstić information content (AvgIpc) is 2.35. The van der Waals surface area contributed by atoms with E-state index in [-0.39, 0.29) is 18.2 Å². The van der Waals surface area contributed by atoms with Crippen LogP contribution in [0, 0.1) is 0 Å². The molecule has 2 N–H and O–H groups in total. The lowest BCUT2D eigenvalue weighted by Crippen LogP contribution is -2.40. The second kappa shape index (κ2) is 6.26. The van der Waals surface area contributed by atoms with E-state index >= 15 is 0 Å². The van der Waals surface area contributed by atoms with Gasteiger partial charge < -0.3 is 10.2 Å². The van der Waals surface area contributed by atoms with E-state index < -0.39 is 5.97 Å². The normalized spacial score (nSPS) is 20.4. The summed E-state index contributed by atoms with van der Waals surface area (Å²) in [7, 11) is 0. The highest BCUT2D eigenvalue weighted by Gasteiger charge is 2.25. The van der Waals surface area contributed by atoms with Crippen LogP contribution >= 0.6 is 11.6 Å². The molecule has 19 heavy (non-hydrogen) atoms. The number of halogens is 1. The van der Waals surface area contributed by atoms with Crippen LogP contribution in [0.25, 0.3) is 0 Å². The van der Waals surface area contributed by atoms with Crippen molar-refractivity contribution in [3.63, 3.8) is 0 Å². The number of nitrogens with zero attached hydrogens (tertiary/aromatic N) is 1. The van der Waals surface area contributed by atoms with Crippen molar-refractivity contribution >= 4 is 17.6 Å². The van der Waals surface area contributed by atoms with Crippen LogP contribution in [0.5, 0.6) is 5.75 Å². The number of carboxylic acid groups (broad SMARTS) is 1. The van der Waals surface area contributed by atoms with Gasteiger partial charge in [0.1, 0.15) is 5.75 Å². The number of hydrogen-bond acceptors (Lipinski definition) is 3. The van der Waals surface area contributed by atoms with E-state index in [1.165, 1.54) is 0 Å². The highest BCUT2D eigenvalue weighted by molar-refractivity contribution is 6.31. The Balaban J connectivity index is 2.13. The lowest BCUT2D eigenvalue weighted by molar-refractivity contribution is -0.138. The molecule has 104 valence electrons. The van der Waals surface area contributed by atoms with Crippen LogP contribution in [0.3, 0.4) is 0 Å². The van der Waals surface area contributed by atoms with Gasteiger partial charge in [0, 0.05) is 23.2 Å². The molecule has 0 spiro atoms. The van der Waals surface area contributed by atoms with Crippen molar-refractivity contribution in [2.24, 2.45) is 0 Å². The van der Waals surface area contributed by atoms with E-state index in [9.17, 15) is 9.90 Å². The molecule has 1 unspecified atom stereocenters. The molecule has 1 heterocycles. The Morgan fingerprint density at radius 1 is 1.42 bits per heavy atom. The lowest BCUT2D eigenvalue weighted by Gasteiger charge is -2.35. The maximum Gasteiger partial charge on any atom is 0.304 e. The molecule has 0 bridgehead atoms. The molecule has 0 amide bonds. The first-order valence-corrected chi connectivity index (χ1v) is 6.88. The van der Waals surface area contributed by atoms with Gasteiger partial charge in [-0.3, -0.25) is 9.69 Å². The predicted octanol–water partition coefficient (Wildman–Crippen LogP) is 2.87. The summed E-state index contributed by atoms with van der Waals surface area (Å²) in [5.41, 5.74) is 0.682. The van der Waals surface area contributed by atoms with Crippen LogP contribution < -0.4 is 0 Å². The first-order valence-electron chi connectivity index (χ1n) is 6.50. The number of likely N-dealkylation sites (tertiary alicyclic amines) is 1. The molecule has 1 aliphatic rings. The van der Waals surface area contributed by atoms with E-state index in [0.29, 0.717) is 17.1 Å². The maximum absolute atomic E-state index is 10.9. The maximum atomic E-state index is 10.9. The van der Waals surface area contributed by atoms with E-state index in [1.807, 2.05) is 0 Å². The topological polar surface area (TPSA) is 60.8 Å². The number of carbonyl (C=O) groups is 1. The number of benzene rings is 1. The van der Waals surface area contributed by atoms with E-state index in [2.05, 4.69) is 4.90 Å². The van der Waals surface area contributed by atoms with Crippen LogP contribution in [0.4, 0.5) is 0 Å². The van der Waals surface area contributed by atoms with Crippen molar-refractivity contribution in [2.45, 2.75) is 38.3 Å². The lowest BCUT2D eigenvalue weighted by atomic mass is 9.98. The van der Waals surface area contributed by atoms with Crippen molar-refractivity contribution in [2.75, 3.05) is 6.54 Å². The highest BCUT2D eigenvalue weighted by atomic mass is 35.5. The Bertz CT molecular complexity index is 444. The number of rotatable bonds is 4. The van der Waals surface area contributed by atoms with Crippen LogP contribution in [0.1, 0.15) is 31.2 Å². The minimum Gasteiger partial charge on any atom is -0.508 e. The predicted molar refractivity (Wildman–Crippen MR) is 73.4 cm³/mol. The Kier molecular flexibility index (Phi) is 4.66. The number of piperidine rings is 1. The Hall–Kier alpha value is -1.26. The molecule has 1 fully saturated rings. The number of phenols is 1. The standard InChI is InChI=1S/C14H18ClNO3/c15-12-5-3-6-13(17)11(12)9-16-7-2-1-4-10(16)8-14(18)19/h3,5-6,10,17H,1-2,4,7-9H2,(H,18,19). The van der Waals surface area contributed by atoms with Crippen molar-refractivity contribution in [3.8, 4) is 5.75 Å². The molecule has 1 aromatic carbocycles. The van der Waals surface area contributed by atoms with E-state index in [4.69, 9.17) is 16.7 Å². The molecule has 0 aliphatic carbocycles. The number of hydrogen-bond donors (Lipinski definition) is 2. The second-order valence-electron chi connectivity index (χ2n) is 4.96. The highest BCUT2D eigenvalue weighted by Crippen LogP contribution is 2.29. The third-order valence-electron chi connectivity index (χ3n) is 3.61. The van der Waals surface area contributed by atoms with Crippen molar-refractivity contribution in [3.05, 3.63) is 28.8 Å². The smallest absolute Gasteiger partial charge is 0.304 e. The minimum absolute atomic E-state index is 0.0296. The summed E-state index contributed by atoms with van der Waals surface area (Å²) in [5.74, 6) is -0.604. The van der Waals surface area contributed by atoms with Crippen molar-refractivity contribution in [1.82, 2.24) is 4.90 Å². The average molecular weight is 284 g/mol. The summed E-state index contributed by atoms with van der Waals surface area (Å²) in [6.45, 7) is 1.35. The van der Waals surface area contributed by atoms with Gasteiger partial charge in [0.15, 0.2) is 0 Å². The summed E-state index contributed by atoms with van der Waals surface area (Å²) in [5, 5.41) is 19.3. The largest absolute Gasteiger partial charge is 0.508 e. The van der Waals surface area contributed by atoms with Gasteiger partial charge in [0.05, 0.1) is 6.42 Å². The summed E-state index contributed by atoms with van der Waals surface area (Å²) in [6, 6.07) is 5.08. The van der Waals surface area contributed by atoms with Crippen LogP contribution in [0.15, 0.2) is 18.2 Å². The molecular formula is C14H18ClNO3. The first kappa shape index (κ1) is 14.2. The summed E-state index contributed by atoms with van der Waals surface area (Å²) in [4.78, 5) is 13.0. The quantitative estimate of drug-likeness (QED) is 0.892. The molecule has 1 aliphatic heterocycles.